The number of halogens is 2. The molecule has 0 spiro atoms. The van der Waals surface area contributed by atoms with E-state index in [-0.39, 0.29) is 0 Å². The van der Waals surface area contributed by atoms with Gasteiger partial charge in [-0.05, 0) is 41.8 Å². The van der Waals surface area contributed by atoms with Gasteiger partial charge < -0.3 is 10.1 Å². The second-order valence-electron chi connectivity index (χ2n) is 4.85. The summed E-state index contributed by atoms with van der Waals surface area (Å²) in [5.74, 6) is -0.679. The SMILES string of the molecule is Fc1ccc(NCCc2ccc3c(c2)CCO3)cc1F. The maximum Gasteiger partial charge on any atom is 0.160 e. The fourth-order valence-electron chi connectivity index (χ4n) is 2.35. The van der Waals surface area contributed by atoms with Crippen LogP contribution in [0.25, 0.3) is 0 Å². The van der Waals surface area contributed by atoms with Crippen molar-refractivity contribution in [2.24, 2.45) is 0 Å². The van der Waals surface area contributed by atoms with Gasteiger partial charge in [-0.2, -0.15) is 0 Å². The van der Waals surface area contributed by atoms with Crippen molar-refractivity contribution < 1.29 is 13.5 Å². The molecule has 1 aliphatic rings. The molecule has 2 aromatic carbocycles. The fraction of sp³-hybridized carbons (Fsp3) is 0.250. The number of rotatable bonds is 4. The highest BCUT2D eigenvalue weighted by molar-refractivity contribution is 5.44. The van der Waals surface area contributed by atoms with Crippen molar-refractivity contribution in [3.63, 3.8) is 0 Å². The lowest BCUT2D eigenvalue weighted by Gasteiger charge is -2.08. The first kappa shape index (κ1) is 12.9. The summed E-state index contributed by atoms with van der Waals surface area (Å²) in [6.45, 7) is 1.43. The van der Waals surface area contributed by atoms with Crippen LogP contribution in [0.3, 0.4) is 0 Å². The van der Waals surface area contributed by atoms with Crippen LogP contribution >= 0.6 is 0 Å². The van der Waals surface area contributed by atoms with Gasteiger partial charge in [0.2, 0.25) is 0 Å². The van der Waals surface area contributed by atoms with Crippen LogP contribution in [0.2, 0.25) is 0 Å². The highest BCUT2D eigenvalue weighted by Gasteiger charge is 2.11. The van der Waals surface area contributed by atoms with Gasteiger partial charge in [0.25, 0.3) is 0 Å². The van der Waals surface area contributed by atoms with Gasteiger partial charge in [0.05, 0.1) is 6.61 Å². The maximum atomic E-state index is 13.1. The van der Waals surface area contributed by atoms with Crippen LogP contribution in [0.5, 0.6) is 5.75 Å². The minimum absolute atomic E-state index is 0.591. The molecule has 2 nitrogen and oxygen atoms in total. The zero-order valence-electron chi connectivity index (χ0n) is 11.0. The van der Waals surface area contributed by atoms with E-state index in [1.54, 1.807) is 0 Å². The second-order valence-corrected chi connectivity index (χ2v) is 4.85. The van der Waals surface area contributed by atoms with E-state index in [4.69, 9.17) is 4.74 Å². The summed E-state index contributed by atoms with van der Waals surface area (Å²) in [5, 5.41) is 3.09. The minimum Gasteiger partial charge on any atom is -0.493 e. The Balaban J connectivity index is 1.58. The van der Waals surface area contributed by atoms with Crippen molar-refractivity contribution in [1.82, 2.24) is 0 Å². The van der Waals surface area contributed by atoms with E-state index in [0.717, 1.165) is 31.3 Å². The monoisotopic (exact) mass is 275 g/mol. The Morgan fingerprint density at radius 3 is 2.80 bits per heavy atom. The van der Waals surface area contributed by atoms with Crippen LogP contribution in [0.4, 0.5) is 14.5 Å². The number of benzene rings is 2. The molecule has 4 heteroatoms. The third kappa shape index (κ3) is 2.74. The van der Waals surface area contributed by atoms with Crippen LogP contribution < -0.4 is 10.1 Å². The first-order valence-electron chi connectivity index (χ1n) is 6.66. The van der Waals surface area contributed by atoms with E-state index in [0.29, 0.717) is 12.2 Å². The van der Waals surface area contributed by atoms with Crippen LogP contribution in [-0.4, -0.2) is 13.2 Å². The molecule has 0 saturated heterocycles. The van der Waals surface area contributed by atoms with Gasteiger partial charge in [-0.3, -0.25) is 0 Å². The van der Waals surface area contributed by atoms with Crippen LogP contribution in [0.1, 0.15) is 11.1 Å². The predicted molar refractivity (Wildman–Crippen MR) is 74.2 cm³/mol. The second kappa shape index (κ2) is 5.49. The zero-order chi connectivity index (χ0) is 13.9. The molecule has 0 saturated carbocycles. The Hall–Kier alpha value is -2.10. The molecule has 0 bridgehead atoms. The van der Waals surface area contributed by atoms with Crippen molar-refractivity contribution in [1.29, 1.82) is 0 Å². The van der Waals surface area contributed by atoms with Gasteiger partial charge in [0, 0.05) is 18.7 Å². The molecule has 1 N–H and O–H groups in total. The third-order valence-corrected chi connectivity index (χ3v) is 3.42. The van der Waals surface area contributed by atoms with E-state index in [1.165, 1.54) is 23.3 Å². The Morgan fingerprint density at radius 1 is 1.05 bits per heavy atom. The summed E-state index contributed by atoms with van der Waals surface area (Å²) in [6.07, 6.45) is 1.78. The smallest absolute Gasteiger partial charge is 0.160 e. The lowest BCUT2D eigenvalue weighted by atomic mass is 10.1. The van der Waals surface area contributed by atoms with E-state index in [2.05, 4.69) is 11.4 Å². The van der Waals surface area contributed by atoms with Gasteiger partial charge in [-0.15, -0.1) is 0 Å². The average Bonchev–Trinajstić information content (AvgIpc) is 2.90. The highest BCUT2D eigenvalue weighted by Crippen LogP contribution is 2.26. The Bertz CT molecular complexity index is 628. The van der Waals surface area contributed by atoms with Gasteiger partial charge in [0.1, 0.15) is 5.75 Å². The Kier molecular flexibility index (Phi) is 3.54. The molecule has 0 amide bonds. The van der Waals surface area contributed by atoms with Crippen molar-refractivity contribution in [2.75, 3.05) is 18.5 Å². The highest BCUT2D eigenvalue weighted by atomic mass is 19.2. The van der Waals surface area contributed by atoms with Crippen molar-refractivity contribution in [3.05, 3.63) is 59.2 Å². The topological polar surface area (TPSA) is 21.3 Å². The first-order chi connectivity index (χ1) is 9.72. The van der Waals surface area contributed by atoms with E-state index in [9.17, 15) is 8.78 Å². The molecule has 1 heterocycles. The molecule has 1 aliphatic heterocycles. The number of nitrogens with one attached hydrogen (secondary N) is 1. The lowest BCUT2D eigenvalue weighted by molar-refractivity contribution is 0.357. The van der Waals surface area contributed by atoms with Gasteiger partial charge >= 0.3 is 0 Å². The molecule has 104 valence electrons. The van der Waals surface area contributed by atoms with Gasteiger partial charge in [-0.25, -0.2) is 8.78 Å². The van der Waals surface area contributed by atoms with Crippen molar-refractivity contribution in [2.45, 2.75) is 12.8 Å². The van der Waals surface area contributed by atoms with Gasteiger partial charge in [0.15, 0.2) is 11.6 Å². The minimum atomic E-state index is -0.829. The molecule has 0 aliphatic carbocycles. The maximum absolute atomic E-state index is 13.1. The van der Waals surface area contributed by atoms with E-state index in [1.807, 2.05) is 12.1 Å². The number of anilines is 1. The number of hydrogen-bond donors (Lipinski definition) is 1. The molecular weight excluding hydrogens is 260 g/mol. The quantitative estimate of drug-likeness (QED) is 0.921. The molecule has 0 radical (unpaired) electrons. The molecular formula is C16H15F2NO. The zero-order valence-corrected chi connectivity index (χ0v) is 11.0. The van der Waals surface area contributed by atoms with Crippen LogP contribution in [0, 0.1) is 11.6 Å². The summed E-state index contributed by atoms with van der Waals surface area (Å²) in [5.41, 5.74) is 3.05. The number of hydrogen-bond acceptors (Lipinski definition) is 2. The first-order valence-corrected chi connectivity index (χ1v) is 6.66. The summed E-state index contributed by atoms with van der Waals surface area (Å²) in [6, 6.07) is 10.0. The normalized spacial score (nSPS) is 12.9. The van der Waals surface area contributed by atoms with Crippen LogP contribution in [0.15, 0.2) is 36.4 Å². The summed E-state index contributed by atoms with van der Waals surface area (Å²) >= 11 is 0. The molecule has 2 aromatic rings. The van der Waals surface area contributed by atoms with Gasteiger partial charge in [-0.1, -0.05) is 12.1 Å². The standard InChI is InChI=1S/C16H15F2NO/c17-14-3-2-13(10-15(14)18)19-7-5-11-1-4-16-12(9-11)6-8-20-16/h1-4,9-10,19H,5-8H2. The van der Waals surface area contributed by atoms with E-state index < -0.39 is 11.6 Å². The number of fused-ring (bicyclic) bond motifs is 1. The Labute approximate surface area is 116 Å². The average molecular weight is 275 g/mol. The predicted octanol–water partition coefficient (Wildman–Crippen LogP) is 3.55. The number of ether oxygens (including phenoxy) is 1. The van der Waals surface area contributed by atoms with Crippen molar-refractivity contribution in [3.8, 4) is 5.75 Å². The molecule has 0 atom stereocenters. The molecule has 0 aromatic heterocycles. The lowest BCUT2D eigenvalue weighted by Crippen LogP contribution is -2.05. The molecule has 3 rings (SSSR count). The Morgan fingerprint density at radius 2 is 1.95 bits per heavy atom. The third-order valence-electron chi connectivity index (χ3n) is 3.42. The van der Waals surface area contributed by atoms with Crippen LogP contribution in [-0.2, 0) is 12.8 Å². The van der Waals surface area contributed by atoms with E-state index >= 15 is 0 Å². The molecule has 0 unspecified atom stereocenters. The summed E-state index contributed by atoms with van der Waals surface area (Å²) < 4.78 is 31.3. The summed E-state index contributed by atoms with van der Waals surface area (Å²) in [4.78, 5) is 0. The molecule has 0 fully saturated rings. The van der Waals surface area contributed by atoms with Crippen molar-refractivity contribution >= 4 is 5.69 Å². The summed E-state index contributed by atoms with van der Waals surface area (Å²) in [7, 11) is 0. The fourth-order valence-corrected chi connectivity index (χ4v) is 2.35. The molecule has 20 heavy (non-hydrogen) atoms. The largest absolute Gasteiger partial charge is 0.493 e.